The van der Waals surface area contributed by atoms with Crippen LogP contribution in [-0.4, -0.2) is 47.2 Å². The van der Waals surface area contributed by atoms with Gasteiger partial charge in [-0.25, -0.2) is 14.4 Å². The molecule has 0 atom stereocenters. The van der Waals surface area contributed by atoms with Crippen LogP contribution in [0.15, 0.2) is 48.8 Å². The van der Waals surface area contributed by atoms with E-state index in [9.17, 15) is 22.4 Å². The first-order valence-electron chi connectivity index (χ1n) is 10.6. The summed E-state index contributed by atoms with van der Waals surface area (Å²) in [5.41, 5.74) is 4.77. The molecule has 13 heteroatoms. The van der Waals surface area contributed by atoms with E-state index in [1.165, 1.54) is 30.5 Å². The SMILES string of the molecule is O=C(NNc1ncc(F)c(N2CCCOCC2)n1)c1ccc(Nc2cccc(C(F)(F)F)c2)cn1. The lowest BCUT2D eigenvalue weighted by Crippen LogP contribution is -2.32. The van der Waals surface area contributed by atoms with Gasteiger partial charge in [0, 0.05) is 25.4 Å². The average molecular weight is 491 g/mol. The van der Waals surface area contributed by atoms with Crippen LogP contribution in [0.2, 0.25) is 0 Å². The number of benzene rings is 1. The van der Waals surface area contributed by atoms with Crippen LogP contribution in [0.4, 0.5) is 40.7 Å². The van der Waals surface area contributed by atoms with Crippen molar-refractivity contribution in [2.45, 2.75) is 12.6 Å². The molecule has 0 aliphatic carbocycles. The van der Waals surface area contributed by atoms with Crippen molar-refractivity contribution in [3.63, 3.8) is 0 Å². The molecule has 2 aromatic heterocycles. The molecule has 1 aliphatic rings. The summed E-state index contributed by atoms with van der Waals surface area (Å²) in [6.07, 6.45) is -1.41. The molecule has 0 saturated carbocycles. The molecule has 3 N–H and O–H groups in total. The van der Waals surface area contributed by atoms with Crippen LogP contribution in [0, 0.1) is 5.82 Å². The zero-order valence-corrected chi connectivity index (χ0v) is 18.3. The van der Waals surface area contributed by atoms with Crippen molar-refractivity contribution < 1.29 is 27.1 Å². The van der Waals surface area contributed by atoms with Gasteiger partial charge in [-0.2, -0.15) is 18.2 Å². The number of halogens is 4. The highest BCUT2D eigenvalue weighted by molar-refractivity contribution is 5.93. The zero-order valence-electron chi connectivity index (χ0n) is 18.3. The summed E-state index contributed by atoms with van der Waals surface area (Å²) in [7, 11) is 0. The van der Waals surface area contributed by atoms with Crippen LogP contribution in [0.1, 0.15) is 22.5 Å². The van der Waals surface area contributed by atoms with E-state index in [-0.39, 0.29) is 23.1 Å². The van der Waals surface area contributed by atoms with Crippen LogP contribution < -0.4 is 21.1 Å². The number of carbonyl (C=O) groups is 1. The fourth-order valence-corrected chi connectivity index (χ4v) is 3.32. The number of alkyl halides is 3. The fraction of sp³-hybridized carbons (Fsp3) is 0.273. The number of amides is 1. The highest BCUT2D eigenvalue weighted by Gasteiger charge is 2.30. The van der Waals surface area contributed by atoms with E-state index < -0.39 is 23.5 Å². The van der Waals surface area contributed by atoms with Gasteiger partial charge < -0.3 is 15.0 Å². The Kier molecular flexibility index (Phi) is 7.25. The lowest BCUT2D eigenvalue weighted by atomic mass is 10.2. The number of carbonyl (C=O) groups excluding carboxylic acids is 1. The van der Waals surface area contributed by atoms with Gasteiger partial charge in [0.2, 0.25) is 5.95 Å². The molecular formula is C22H21F4N7O2. The van der Waals surface area contributed by atoms with Crippen LogP contribution in [0.5, 0.6) is 0 Å². The lowest BCUT2D eigenvalue weighted by molar-refractivity contribution is -0.137. The minimum Gasteiger partial charge on any atom is -0.380 e. The quantitative estimate of drug-likeness (QED) is 0.354. The second-order valence-corrected chi connectivity index (χ2v) is 7.53. The molecular weight excluding hydrogens is 470 g/mol. The Morgan fingerprint density at radius 3 is 2.66 bits per heavy atom. The summed E-state index contributed by atoms with van der Waals surface area (Å²) in [4.78, 5) is 26.1. The molecule has 0 spiro atoms. The van der Waals surface area contributed by atoms with E-state index in [1.807, 2.05) is 0 Å². The zero-order chi connectivity index (χ0) is 24.8. The van der Waals surface area contributed by atoms with E-state index in [1.54, 1.807) is 4.90 Å². The normalized spacial score (nSPS) is 14.2. The maximum Gasteiger partial charge on any atom is 0.416 e. The highest BCUT2D eigenvalue weighted by atomic mass is 19.4. The molecule has 0 radical (unpaired) electrons. The minimum absolute atomic E-state index is 0.0113. The van der Waals surface area contributed by atoms with Crippen molar-refractivity contribution in [1.82, 2.24) is 20.4 Å². The van der Waals surface area contributed by atoms with E-state index in [0.29, 0.717) is 32.0 Å². The smallest absolute Gasteiger partial charge is 0.380 e. The van der Waals surface area contributed by atoms with Gasteiger partial charge >= 0.3 is 6.18 Å². The molecule has 4 rings (SSSR count). The number of hydrogen-bond acceptors (Lipinski definition) is 8. The first kappa shape index (κ1) is 24.1. The molecule has 9 nitrogen and oxygen atoms in total. The Morgan fingerprint density at radius 2 is 1.89 bits per heavy atom. The Labute approximate surface area is 197 Å². The molecule has 3 heterocycles. The van der Waals surface area contributed by atoms with Crippen LogP contribution in [-0.2, 0) is 10.9 Å². The van der Waals surface area contributed by atoms with Gasteiger partial charge in [0.25, 0.3) is 5.91 Å². The highest BCUT2D eigenvalue weighted by Crippen LogP contribution is 2.31. The number of nitrogens with one attached hydrogen (secondary N) is 3. The number of hydrogen-bond donors (Lipinski definition) is 3. The first-order valence-corrected chi connectivity index (χ1v) is 10.6. The van der Waals surface area contributed by atoms with Gasteiger partial charge in [-0.15, -0.1) is 0 Å². The number of anilines is 4. The molecule has 1 aromatic carbocycles. The van der Waals surface area contributed by atoms with Crippen molar-refractivity contribution in [3.8, 4) is 0 Å². The summed E-state index contributed by atoms with van der Waals surface area (Å²) in [5, 5.41) is 2.81. The van der Waals surface area contributed by atoms with E-state index >= 15 is 0 Å². The van der Waals surface area contributed by atoms with E-state index in [4.69, 9.17) is 4.74 Å². The number of aromatic nitrogens is 3. The second kappa shape index (κ2) is 10.5. The number of rotatable bonds is 6. The third-order valence-corrected chi connectivity index (χ3v) is 5.01. The lowest BCUT2D eigenvalue weighted by Gasteiger charge is -2.21. The van der Waals surface area contributed by atoms with Crippen molar-refractivity contribution in [3.05, 3.63) is 65.9 Å². The monoisotopic (exact) mass is 491 g/mol. The summed E-state index contributed by atoms with van der Waals surface area (Å²) in [5.74, 6) is -1.12. The van der Waals surface area contributed by atoms with Gasteiger partial charge in [-0.1, -0.05) is 6.07 Å². The maximum absolute atomic E-state index is 14.2. The van der Waals surface area contributed by atoms with Gasteiger partial charge in [0.15, 0.2) is 11.6 Å². The topological polar surface area (TPSA) is 104 Å². The molecule has 3 aromatic rings. The third-order valence-electron chi connectivity index (χ3n) is 5.01. The van der Waals surface area contributed by atoms with Crippen LogP contribution in [0.3, 0.4) is 0 Å². The molecule has 0 unspecified atom stereocenters. The standard InChI is InChI=1S/C22H21F4N7O2/c23-17-13-28-21(30-19(17)33-7-2-9-35-10-8-33)32-31-20(34)18-6-5-16(12-27-18)29-15-4-1-3-14(11-15)22(24,25)26/h1,3-6,11-13,29H,2,7-10H2,(H,31,34)(H,28,30,32). The summed E-state index contributed by atoms with van der Waals surface area (Å²) in [6.45, 7) is 2.09. The fourth-order valence-electron chi connectivity index (χ4n) is 3.32. The number of hydrazine groups is 1. The van der Waals surface area contributed by atoms with Gasteiger partial charge in [0.05, 0.1) is 30.3 Å². The third kappa shape index (κ3) is 6.32. The molecule has 0 bridgehead atoms. The van der Waals surface area contributed by atoms with Crippen LogP contribution in [0.25, 0.3) is 0 Å². The van der Waals surface area contributed by atoms with Gasteiger partial charge in [-0.05, 0) is 36.8 Å². The average Bonchev–Trinajstić information content (AvgIpc) is 3.13. The summed E-state index contributed by atoms with van der Waals surface area (Å²) < 4.78 is 58.2. The molecule has 184 valence electrons. The first-order chi connectivity index (χ1) is 16.8. The molecule has 1 aliphatic heterocycles. The Hall–Kier alpha value is -4.00. The van der Waals surface area contributed by atoms with Gasteiger partial charge in [0.1, 0.15) is 5.69 Å². The predicted octanol–water partition coefficient (Wildman–Crippen LogP) is 3.76. The van der Waals surface area contributed by atoms with Crippen molar-refractivity contribution in [1.29, 1.82) is 0 Å². The second-order valence-electron chi connectivity index (χ2n) is 7.53. The number of pyridine rings is 1. The minimum atomic E-state index is -4.46. The molecule has 1 amide bonds. The van der Waals surface area contributed by atoms with Gasteiger partial charge in [-0.3, -0.25) is 15.6 Å². The Bertz CT molecular complexity index is 1170. The Balaban J connectivity index is 1.36. The Morgan fingerprint density at radius 1 is 1.03 bits per heavy atom. The maximum atomic E-state index is 14.2. The number of ether oxygens (including phenoxy) is 1. The van der Waals surface area contributed by atoms with Crippen molar-refractivity contribution >= 4 is 29.0 Å². The van der Waals surface area contributed by atoms with Crippen molar-refractivity contribution in [2.75, 3.05) is 41.9 Å². The predicted molar refractivity (Wildman–Crippen MR) is 120 cm³/mol. The summed E-state index contributed by atoms with van der Waals surface area (Å²) >= 11 is 0. The molecule has 1 fully saturated rings. The van der Waals surface area contributed by atoms with E-state index in [0.717, 1.165) is 24.8 Å². The van der Waals surface area contributed by atoms with E-state index in [2.05, 4.69) is 31.1 Å². The van der Waals surface area contributed by atoms with Crippen LogP contribution >= 0.6 is 0 Å². The van der Waals surface area contributed by atoms with Crippen molar-refractivity contribution in [2.24, 2.45) is 0 Å². The molecule has 35 heavy (non-hydrogen) atoms. The molecule has 1 saturated heterocycles. The summed E-state index contributed by atoms with van der Waals surface area (Å²) in [6, 6.07) is 7.60. The number of nitrogens with zero attached hydrogens (tertiary/aromatic N) is 4. The largest absolute Gasteiger partial charge is 0.416 e.